The smallest absolute Gasteiger partial charge is 0.395 e. The van der Waals surface area contributed by atoms with Gasteiger partial charge in [0.2, 0.25) is 0 Å². The Hall–Kier alpha value is -4.18. The molecule has 1 aliphatic rings. The van der Waals surface area contributed by atoms with Gasteiger partial charge in [0.25, 0.3) is 15.7 Å². The molecular weight excluding hydrogens is 849 g/mol. The van der Waals surface area contributed by atoms with Crippen molar-refractivity contribution in [2.75, 3.05) is 55.8 Å². The topological polar surface area (TPSA) is 102 Å². The number of sulfone groups is 1. The third-order valence-electron chi connectivity index (χ3n) is 10.5. The Balaban J connectivity index is 1.08. The molecule has 15 heteroatoms. The average Bonchev–Trinajstić information content (AvgIpc) is 3.25. The first-order valence-corrected chi connectivity index (χ1v) is 23.3. The predicted octanol–water partition coefficient (Wildman–Crippen LogP) is 10.1. The first-order chi connectivity index (χ1) is 28.8. The molecule has 318 valence electrons. The number of hydrogen-bond acceptors (Lipinski definition) is 9. The van der Waals surface area contributed by atoms with Gasteiger partial charge in [0.05, 0.1) is 12.3 Å². The molecule has 1 aliphatic heterocycles. The molecule has 0 saturated carbocycles. The van der Waals surface area contributed by atoms with E-state index in [0.717, 1.165) is 66.5 Å². The van der Waals surface area contributed by atoms with Gasteiger partial charge >= 0.3 is 5.51 Å². The fraction of sp³-hybridized carbons (Fsp3) is 0.311. The van der Waals surface area contributed by atoms with Crippen LogP contribution in [0.15, 0.2) is 136 Å². The number of nitrogens with zero attached hydrogens (tertiary/aromatic N) is 2. The van der Waals surface area contributed by atoms with Crippen LogP contribution in [0, 0.1) is 5.92 Å². The summed E-state index contributed by atoms with van der Waals surface area (Å²) in [6, 6.07) is 36.4. The lowest BCUT2D eigenvalue weighted by Crippen LogP contribution is -2.34. The molecule has 1 saturated heterocycles. The molecule has 0 radical (unpaired) electrons. The van der Waals surface area contributed by atoms with Crippen molar-refractivity contribution >= 4 is 62.4 Å². The Morgan fingerprint density at radius 3 is 2.27 bits per heavy atom. The number of benzene rings is 5. The van der Waals surface area contributed by atoms with Crippen molar-refractivity contribution in [2.24, 2.45) is 5.92 Å². The van der Waals surface area contributed by atoms with Crippen molar-refractivity contribution in [1.29, 1.82) is 0 Å². The number of likely N-dealkylation sites (N-methyl/N-ethyl adjacent to an activating group) is 1. The highest BCUT2D eigenvalue weighted by Gasteiger charge is 2.48. The number of rotatable bonds is 18. The van der Waals surface area contributed by atoms with Crippen LogP contribution in [0.25, 0.3) is 11.1 Å². The van der Waals surface area contributed by atoms with E-state index in [-0.39, 0.29) is 17.2 Å². The van der Waals surface area contributed by atoms with Crippen LogP contribution in [0.1, 0.15) is 35.2 Å². The van der Waals surface area contributed by atoms with Crippen LogP contribution >= 0.6 is 35.3 Å². The first-order valence-electron chi connectivity index (χ1n) is 19.7. The van der Waals surface area contributed by atoms with Crippen molar-refractivity contribution in [1.82, 2.24) is 9.62 Å². The lowest BCUT2D eigenvalue weighted by atomic mass is 9.87. The minimum atomic E-state index is -5.77. The van der Waals surface area contributed by atoms with E-state index >= 15 is 0 Å². The van der Waals surface area contributed by atoms with Gasteiger partial charge < -0.3 is 20.2 Å². The lowest BCUT2D eigenvalue weighted by molar-refractivity contribution is -0.0435. The summed E-state index contributed by atoms with van der Waals surface area (Å²) in [7, 11) is -3.95. The maximum absolute atomic E-state index is 14.0. The van der Waals surface area contributed by atoms with E-state index in [2.05, 4.69) is 51.3 Å². The Bertz CT molecular complexity index is 2280. The summed E-state index contributed by atoms with van der Waals surface area (Å²) in [6.07, 6.45) is 3.48. The van der Waals surface area contributed by atoms with Gasteiger partial charge in [-0.2, -0.15) is 13.2 Å². The molecule has 6 rings (SSSR count). The molecule has 0 bridgehead atoms. The van der Waals surface area contributed by atoms with Crippen LogP contribution in [0.3, 0.4) is 0 Å². The third kappa shape index (κ3) is 12.2. The second-order valence-electron chi connectivity index (χ2n) is 14.8. The first kappa shape index (κ1) is 45.3. The maximum atomic E-state index is 14.0. The van der Waals surface area contributed by atoms with Gasteiger partial charge in [0.15, 0.2) is 0 Å². The number of piperidine rings is 1. The van der Waals surface area contributed by atoms with Gasteiger partial charge in [-0.15, -0.1) is 11.8 Å². The number of anilines is 2. The summed E-state index contributed by atoms with van der Waals surface area (Å²) in [4.78, 5) is 17.5. The second-order valence-corrected chi connectivity index (χ2v) is 19.1. The zero-order valence-electron chi connectivity index (χ0n) is 33.1. The minimum Gasteiger partial charge on any atom is -0.395 e. The summed E-state index contributed by atoms with van der Waals surface area (Å²) in [5, 5.41) is 13.1. The van der Waals surface area contributed by atoms with Gasteiger partial charge in [-0.1, -0.05) is 66.2 Å². The van der Waals surface area contributed by atoms with Crippen LogP contribution < -0.4 is 14.9 Å². The Labute approximate surface area is 364 Å². The maximum Gasteiger partial charge on any atom is 0.501 e. The zero-order valence-corrected chi connectivity index (χ0v) is 36.3. The van der Waals surface area contributed by atoms with Gasteiger partial charge in [-0.3, -0.25) is 9.52 Å². The average molecular weight is 898 g/mol. The molecule has 1 amide bonds. The summed E-state index contributed by atoms with van der Waals surface area (Å²) < 4.78 is 70.6. The van der Waals surface area contributed by atoms with E-state index in [9.17, 15) is 31.5 Å². The Morgan fingerprint density at radius 1 is 0.900 bits per heavy atom. The third-order valence-corrected chi connectivity index (χ3v) is 14.2. The second kappa shape index (κ2) is 21.1. The van der Waals surface area contributed by atoms with E-state index in [1.54, 1.807) is 12.1 Å². The number of halogens is 4. The SMILES string of the molecule is CN(CCO)CCC(CSc1ccccc1)Nc1ccc(SNC(=O)c2ccc(N3CCC(Cc4ccccc4-c4ccc(Cl)cc4)CC3)cc2)cc1S(=O)(=O)C(F)(F)F. The number of hydrogen-bond donors (Lipinski definition) is 3. The van der Waals surface area contributed by atoms with Crippen LogP contribution in [0.5, 0.6) is 0 Å². The molecular formula is C45H48ClF3N4O4S3. The molecule has 1 fully saturated rings. The number of aliphatic hydroxyl groups is 1. The minimum absolute atomic E-state index is 0.0499. The number of aliphatic hydroxyl groups excluding tert-OH is 1. The molecule has 1 heterocycles. The number of alkyl halides is 3. The van der Waals surface area contributed by atoms with Gasteiger partial charge in [-0.25, -0.2) is 8.42 Å². The van der Waals surface area contributed by atoms with Crippen molar-refractivity contribution < 1.29 is 31.5 Å². The van der Waals surface area contributed by atoms with E-state index in [1.165, 1.54) is 35.0 Å². The molecule has 0 aliphatic carbocycles. The molecule has 3 N–H and O–H groups in total. The largest absolute Gasteiger partial charge is 0.501 e. The summed E-state index contributed by atoms with van der Waals surface area (Å²) in [5.74, 6) is 0.488. The summed E-state index contributed by atoms with van der Waals surface area (Å²) >= 11 is 8.36. The van der Waals surface area contributed by atoms with E-state index < -0.39 is 32.2 Å². The van der Waals surface area contributed by atoms with Gasteiger partial charge in [-0.05, 0) is 141 Å². The monoisotopic (exact) mass is 896 g/mol. The zero-order chi connectivity index (χ0) is 42.7. The molecule has 0 aromatic heterocycles. The summed E-state index contributed by atoms with van der Waals surface area (Å²) in [5.41, 5.74) is -0.712. The number of nitrogens with one attached hydrogen (secondary N) is 2. The fourth-order valence-corrected chi connectivity index (χ4v) is 9.91. The van der Waals surface area contributed by atoms with Crippen LogP contribution in [-0.2, 0) is 16.3 Å². The van der Waals surface area contributed by atoms with Crippen molar-refractivity contribution in [3.8, 4) is 11.1 Å². The molecule has 0 spiro atoms. The van der Waals surface area contributed by atoms with E-state index in [0.29, 0.717) is 41.8 Å². The normalized spacial score (nSPS) is 14.3. The molecule has 5 aromatic rings. The quantitative estimate of drug-likeness (QED) is 0.0586. The summed E-state index contributed by atoms with van der Waals surface area (Å²) in [6.45, 7) is 2.62. The Kier molecular flexibility index (Phi) is 15.9. The highest BCUT2D eigenvalue weighted by Crippen LogP contribution is 2.38. The number of carbonyl (C=O) groups is 1. The highest BCUT2D eigenvalue weighted by molar-refractivity contribution is 7.99. The van der Waals surface area contributed by atoms with E-state index in [1.807, 2.05) is 66.5 Å². The van der Waals surface area contributed by atoms with Gasteiger partial charge in [0.1, 0.15) is 4.90 Å². The van der Waals surface area contributed by atoms with Gasteiger partial charge in [0, 0.05) is 57.5 Å². The molecule has 1 unspecified atom stereocenters. The fourth-order valence-electron chi connectivity index (χ4n) is 7.13. The van der Waals surface area contributed by atoms with Crippen molar-refractivity contribution in [3.63, 3.8) is 0 Å². The van der Waals surface area contributed by atoms with E-state index in [4.69, 9.17) is 11.6 Å². The molecule has 1 atom stereocenters. The van der Waals surface area contributed by atoms with Crippen molar-refractivity contribution in [3.05, 3.63) is 137 Å². The predicted molar refractivity (Wildman–Crippen MR) is 239 cm³/mol. The standard InChI is InChI=1S/C45H48ClF3N4O4S3/c1-52(27-28-54)24-23-37(31-58-39-8-3-2-4-9-39)50-42-20-19-40(30-43(42)60(56,57)45(47,48)49)59-51-44(55)34-13-17-38(18-14-34)53-25-21-32(22-26-53)29-35-7-5-6-10-41(35)33-11-15-36(46)16-12-33/h2-20,30,32,37,50,54H,21-29,31H2,1H3,(H,51,55). The molecule has 5 aromatic carbocycles. The number of thioether (sulfide) groups is 1. The van der Waals surface area contributed by atoms with Crippen LogP contribution in [-0.4, -0.2) is 81.5 Å². The van der Waals surface area contributed by atoms with Crippen LogP contribution in [0.4, 0.5) is 24.5 Å². The highest BCUT2D eigenvalue weighted by atomic mass is 35.5. The number of amides is 1. The van der Waals surface area contributed by atoms with Crippen molar-refractivity contribution in [2.45, 2.75) is 51.9 Å². The van der Waals surface area contributed by atoms with Crippen LogP contribution in [0.2, 0.25) is 5.02 Å². The molecule has 60 heavy (non-hydrogen) atoms. The lowest BCUT2D eigenvalue weighted by Gasteiger charge is -2.34. The Morgan fingerprint density at radius 2 is 1.58 bits per heavy atom. The molecule has 8 nitrogen and oxygen atoms in total. The number of carbonyl (C=O) groups excluding carboxylic acids is 1.